The minimum absolute atomic E-state index is 0.450. The molecule has 0 bridgehead atoms. The summed E-state index contributed by atoms with van der Waals surface area (Å²) in [4.78, 5) is 14.9. The summed E-state index contributed by atoms with van der Waals surface area (Å²) in [5.74, 6) is 0.783. The van der Waals surface area contributed by atoms with Crippen molar-refractivity contribution in [1.29, 1.82) is 0 Å². The van der Waals surface area contributed by atoms with Gasteiger partial charge in [-0.25, -0.2) is 9.78 Å². The van der Waals surface area contributed by atoms with E-state index in [-0.39, 0.29) is 0 Å². The van der Waals surface area contributed by atoms with Gasteiger partial charge in [0.1, 0.15) is 11.5 Å². The molecule has 0 atom stereocenters. The molecule has 0 unspecified atom stereocenters. The largest absolute Gasteiger partial charge is 0.478 e. The second-order valence-corrected chi connectivity index (χ2v) is 5.11. The van der Waals surface area contributed by atoms with Crippen LogP contribution in [0.2, 0.25) is 0 Å². The number of hydrogen-bond acceptors (Lipinski definition) is 4. The first-order chi connectivity index (χ1) is 11.6. The van der Waals surface area contributed by atoms with Crippen LogP contribution in [0.4, 0.5) is 0 Å². The Morgan fingerprint density at radius 2 is 1.79 bits per heavy atom. The van der Waals surface area contributed by atoms with Gasteiger partial charge in [-0.1, -0.05) is 30.3 Å². The van der Waals surface area contributed by atoms with E-state index < -0.39 is 5.97 Å². The molecule has 0 amide bonds. The van der Waals surface area contributed by atoms with Crippen molar-refractivity contribution in [2.75, 3.05) is 0 Å². The Hall–Kier alpha value is -3.34. The van der Waals surface area contributed by atoms with Crippen molar-refractivity contribution in [3.05, 3.63) is 71.3 Å². The standard InChI is InChI=1S/C19H15NO4/c1-13-16(20-19(24-13)17-3-2-12-23-17)10-8-14-4-6-15(7-5-14)9-11-18(21)22/h2-12H,1H3,(H,21,22)/b10-8+,11-9+. The molecular weight excluding hydrogens is 306 g/mol. The number of benzene rings is 1. The first-order valence-corrected chi connectivity index (χ1v) is 7.32. The number of carbonyl (C=O) groups is 1. The summed E-state index contributed by atoms with van der Waals surface area (Å²) in [5, 5.41) is 8.62. The van der Waals surface area contributed by atoms with Gasteiger partial charge < -0.3 is 13.9 Å². The van der Waals surface area contributed by atoms with Crippen LogP contribution >= 0.6 is 0 Å². The fraction of sp³-hybridized carbons (Fsp3) is 0.0526. The van der Waals surface area contributed by atoms with Crippen molar-refractivity contribution in [1.82, 2.24) is 4.98 Å². The van der Waals surface area contributed by atoms with Crippen molar-refractivity contribution < 1.29 is 18.7 Å². The smallest absolute Gasteiger partial charge is 0.328 e. The van der Waals surface area contributed by atoms with E-state index in [0.717, 1.165) is 22.9 Å². The van der Waals surface area contributed by atoms with Gasteiger partial charge in [0.2, 0.25) is 0 Å². The molecule has 0 radical (unpaired) electrons. The SMILES string of the molecule is Cc1oc(-c2ccco2)nc1/C=C/c1ccc(/C=C/C(=O)O)cc1. The Kier molecular flexibility index (Phi) is 4.43. The van der Waals surface area contributed by atoms with Gasteiger partial charge in [0.15, 0.2) is 5.76 Å². The fourth-order valence-electron chi connectivity index (χ4n) is 2.13. The Morgan fingerprint density at radius 3 is 2.42 bits per heavy atom. The van der Waals surface area contributed by atoms with Crippen molar-refractivity contribution in [2.45, 2.75) is 6.92 Å². The zero-order valence-electron chi connectivity index (χ0n) is 13.0. The fourth-order valence-corrected chi connectivity index (χ4v) is 2.13. The maximum absolute atomic E-state index is 10.5. The molecule has 1 N–H and O–H groups in total. The second-order valence-electron chi connectivity index (χ2n) is 5.11. The van der Waals surface area contributed by atoms with E-state index in [1.807, 2.05) is 43.3 Å². The van der Waals surface area contributed by atoms with E-state index in [0.29, 0.717) is 17.4 Å². The number of aromatic nitrogens is 1. The number of aliphatic carboxylic acids is 1. The zero-order chi connectivity index (χ0) is 16.9. The number of rotatable bonds is 5. The third-order valence-corrected chi connectivity index (χ3v) is 3.35. The van der Waals surface area contributed by atoms with Crippen LogP contribution in [-0.4, -0.2) is 16.1 Å². The molecule has 5 nitrogen and oxygen atoms in total. The molecule has 0 aliphatic carbocycles. The molecule has 0 saturated carbocycles. The lowest BCUT2D eigenvalue weighted by Crippen LogP contribution is -1.85. The third kappa shape index (κ3) is 3.70. The molecule has 1 aromatic carbocycles. The quantitative estimate of drug-likeness (QED) is 0.700. The number of oxazole rings is 1. The Bertz CT molecular complexity index is 884. The second kappa shape index (κ2) is 6.83. The van der Waals surface area contributed by atoms with Crippen LogP contribution < -0.4 is 0 Å². The molecule has 2 heterocycles. The first-order valence-electron chi connectivity index (χ1n) is 7.32. The minimum Gasteiger partial charge on any atom is -0.478 e. The van der Waals surface area contributed by atoms with Crippen LogP contribution in [-0.2, 0) is 4.79 Å². The topological polar surface area (TPSA) is 76.5 Å². The zero-order valence-corrected chi connectivity index (χ0v) is 13.0. The molecule has 2 aromatic heterocycles. The van der Waals surface area contributed by atoms with Crippen LogP contribution in [0.1, 0.15) is 22.6 Å². The summed E-state index contributed by atoms with van der Waals surface area (Å²) in [5.41, 5.74) is 2.54. The van der Waals surface area contributed by atoms with Crippen molar-refractivity contribution in [3.8, 4) is 11.7 Å². The molecule has 5 heteroatoms. The summed E-state index contributed by atoms with van der Waals surface area (Å²) < 4.78 is 10.9. The Morgan fingerprint density at radius 1 is 1.08 bits per heavy atom. The van der Waals surface area contributed by atoms with Gasteiger partial charge in [-0.05, 0) is 42.3 Å². The Labute approximate surface area is 138 Å². The van der Waals surface area contributed by atoms with Gasteiger partial charge in [0.05, 0.1) is 6.26 Å². The normalized spacial score (nSPS) is 11.5. The van der Waals surface area contributed by atoms with E-state index in [1.165, 1.54) is 0 Å². The molecular formula is C19H15NO4. The van der Waals surface area contributed by atoms with Gasteiger partial charge in [-0.2, -0.15) is 0 Å². The number of carboxylic acids is 1. The lowest BCUT2D eigenvalue weighted by molar-refractivity contribution is -0.131. The molecule has 3 aromatic rings. The molecule has 0 spiro atoms. The summed E-state index contributed by atoms with van der Waals surface area (Å²) in [6.45, 7) is 1.85. The Balaban J connectivity index is 1.75. The van der Waals surface area contributed by atoms with Crippen LogP contribution in [0.3, 0.4) is 0 Å². The predicted octanol–water partition coefficient (Wildman–Crippen LogP) is 4.51. The highest BCUT2D eigenvalue weighted by atomic mass is 16.4. The molecule has 0 aliphatic rings. The average Bonchev–Trinajstić information content (AvgIpc) is 3.21. The van der Waals surface area contributed by atoms with E-state index in [2.05, 4.69) is 4.98 Å². The van der Waals surface area contributed by atoms with Gasteiger partial charge in [-0.15, -0.1) is 0 Å². The summed E-state index contributed by atoms with van der Waals surface area (Å²) in [6.07, 6.45) is 8.02. The average molecular weight is 321 g/mol. The number of hydrogen-bond donors (Lipinski definition) is 1. The lowest BCUT2D eigenvalue weighted by atomic mass is 10.1. The number of aryl methyl sites for hydroxylation is 1. The summed E-state index contributed by atoms with van der Waals surface area (Å²) in [6, 6.07) is 11.1. The number of furan rings is 1. The molecule has 24 heavy (non-hydrogen) atoms. The number of nitrogens with zero attached hydrogens (tertiary/aromatic N) is 1. The van der Waals surface area contributed by atoms with E-state index >= 15 is 0 Å². The molecule has 120 valence electrons. The molecule has 0 fully saturated rings. The van der Waals surface area contributed by atoms with E-state index in [4.69, 9.17) is 13.9 Å². The molecule has 0 aliphatic heterocycles. The third-order valence-electron chi connectivity index (χ3n) is 3.35. The van der Waals surface area contributed by atoms with E-state index in [9.17, 15) is 4.79 Å². The van der Waals surface area contributed by atoms with Crippen molar-refractivity contribution >= 4 is 24.2 Å². The van der Waals surface area contributed by atoms with Crippen molar-refractivity contribution in [3.63, 3.8) is 0 Å². The van der Waals surface area contributed by atoms with E-state index in [1.54, 1.807) is 24.5 Å². The maximum atomic E-state index is 10.5. The molecule has 3 rings (SSSR count). The van der Waals surface area contributed by atoms with Gasteiger partial charge in [0, 0.05) is 6.08 Å². The van der Waals surface area contributed by atoms with Crippen molar-refractivity contribution in [2.24, 2.45) is 0 Å². The lowest BCUT2D eigenvalue weighted by Gasteiger charge is -1.95. The summed E-state index contributed by atoms with van der Waals surface area (Å²) in [7, 11) is 0. The highest BCUT2D eigenvalue weighted by Crippen LogP contribution is 2.23. The van der Waals surface area contributed by atoms with Gasteiger partial charge in [-0.3, -0.25) is 0 Å². The number of carboxylic acid groups (broad SMARTS) is 1. The minimum atomic E-state index is -0.965. The monoisotopic (exact) mass is 321 g/mol. The highest BCUT2D eigenvalue weighted by Gasteiger charge is 2.11. The van der Waals surface area contributed by atoms with Gasteiger partial charge in [0.25, 0.3) is 5.89 Å². The van der Waals surface area contributed by atoms with Crippen LogP contribution in [0.25, 0.3) is 29.9 Å². The van der Waals surface area contributed by atoms with Crippen LogP contribution in [0.15, 0.2) is 57.6 Å². The van der Waals surface area contributed by atoms with Crippen LogP contribution in [0, 0.1) is 6.92 Å². The predicted molar refractivity (Wildman–Crippen MR) is 91.0 cm³/mol. The molecule has 0 saturated heterocycles. The summed E-state index contributed by atoms with van der Waals surface area (Å²) >= 11 is 0. The highest BCUT2D eigenvalue weighted by molar-refractivity contribution is 5.85. The van der Waals surface area contributed by atoms with Gasteiger partial charge >= 0.3 is 5.97 Å². The maximum Gasteiger partial charge on any atom is 0.328 e. The van der Waals surface area contributed by atoms with Crippen LogP contribution in [0.5, 0.6) is 0 Å². The first kappa shape index (κ1) is 15.6.